The first-order valence-electron chi connectivity index (χ1n) is 9.05. The third-order valence-corrected chi connectivity index (χ3v) is 5.16. The predicted octanol–water partition coefficient (Wildman–Crippen LogP) is 3.21. The van der Waals surface area contributed by atoms with Crippen LogP contribution in [-0.2, 0) is 12.7 Å². The lowest BCUT2D eigenvalue weighted by molar-refractivity contribution is -0.138. The summed E-state index contributed by atoms with van der Waals surface area (Å²) in [6.07, 6.45) is 2.21. The second-order valence-corrected chi connectivity index (χ2v) is 7.18. The molecule has 1 aliphatic carbocycles. The van der Waals surface area contributed by atoms with E-state index in [0.29, 0.717) is 11.4 Å². The topological polar surface area (TPSA) is 86.3 Å². The molecule has 1 fully saturated rings. The Morgan fingerprint density at radius 1 is 1.21 bits per heavy atom. The lowest BCUT2D eigenvalue weighted by atomic mass is 10.1. The lowest BCUT2D eigenvalue weighted by Crippen LogP contribution is -2.12. The van der Waals surface area contributed by atoms with Gasteiger partial charge in [-0.1, -0.05) is 0 Å². The maximum atomic E-state index is 13.2. The number of hydrogen-bond acceptors (Lipinski definition) is 6. The Morgan fingerprint density at radius 3 is 2.79 bits per heavy atom. The Bertz CT molecular complexity index is 1030. The second kappa shape index (κ2) is 6.01. The molecule has 1 atom stereocenters. The fourth-order valence-electron chi connectivity index (χ4n) is 3.56. The van der Waals surface area contributed by atoms with Crippen molar-refractivity contribution >= 4 is 11.6 Å². The van der Waals surface area contributed by atoms with Gasteiger partial charge in [-0.2, -0.15) is 18.3 Å². The van der Waals surface area contributed by atoms with Gasteiger partial charge in [-0.15, -0.1) is 10.2 Å². The van der Waals surface area contributed by atoms with Gasteiger partial charge in [-0.3, -0.25) is 4.68 Å². The first kappa shape index (κ1) is 17.1. The Balaban J connectivity index is 1.43. The molecule has 0 amide bonds. The van der Waals surface area contributed by atoms with Crippen molar-refractivity contribution in [1.29, 1.82) is 0 Å². The summed E-state index contributed by atoms with van der Waals surface area (Å²) in [5, 5.41) is 15.6. The van der Waals surface area contributed by atoms with E-state index < -0.39 is 11.7 Å². The number of anilines is 2. The number of rotatable bonds is 4. The summed E-state index contributed by atoms with van der Waals surface area (Å²) in [5.74, 6) is 0.844. The molecule has 8 nitrogen and oxygen atoms in total. The van der Waals surface area contributed by atoms with E-state index in [0.717, 1.165) is 37.8 Å². The van der Waals surface area contributed by atoms with Crippen LogP contribution in [0.5, 0.6) is 0 Å². The van der Waals surface area contributed by atoms with Crippen molar-refractivity contribution in [3.63, 3.8) is 0 Å². The molecule has 5 rings (SSSR count). The number of halogens is 3. The Morgan fingerprint density at radius 2 is 2.04 bits per heavy atom. The zero-order valence-corrected chi connectivity index (χ0v) is 15.0. The molecule has 3 aromatic rings. The van der Waals surface area contributed by atoms with Gasteiger partial charge in [-0.25, -0.2) is 9.97 Å². The van der Waals surface area contributed by atoms with Crippen molar-refractivity contribution in [3.05, 3.63) is 41.5 Å². The molecule has 1 saturated carbocycles. The second-order valence-electron chi connectivity index (χ2n) is 7.18. The minimum Gasteiger partial charge on any atom is -0.321 e. The van der Waals surface area contributed by atoms with Crippen LogP contribution in [0.25, 0.3) is 0 Å². The van der Waals surface area contributed by atoms with Gasteiger partial charge >= 0.3 is 6.18 Å². The van der Waals surface area contributed by atoms with Crippen LogP contribution in [-0.4, -0.2) is 34.5 Å². The number of nitrogens with one attached hydrogen (secondary N) is 1. The van der Waals surface area contributed by atoms with Gasteiger partial charge in [0, 0.05) is 24.9 Å². The van der Waals surface area contributed by atoms with Gasteiger partial charge in [0.15, 0.2) is 5.82 Å². The minimum absolute atomic E-state index is 0.0210. The van der Waals surface area contributed by atoms with E-state index in [1.54, 1.807) is 11.0 Å². The van der Waals surface area contributed by atoms with Crippen LogP contribution in [0.1, 0.15) is 54.0 Å². The van der Waals surface area contributed by atoms with E-state index >= 15 is 0 Å². The Labute approximate surface area is 157 Å². The van der Waals surface area contributed by atoms with Crippen LogP contribution in [0.4, 0.5) is 24.8 Å². The summed E-state index contributed by atoms with van der Waals surface area (Å²) in [7, 11) is 0. The molecule has 4 heterocycles. The van der Waals surface area contributed by atoms with Crippen LogP contribution in [0.3, 0.4) is 0 Å². The summed E-state index contributed by atoms with van der Waals surface area (Å²) in [6, 6.07) is -0.0210. The average molecular weight is 390 g/mol. The number of fused-ring (bicyclic) bond motifs is 1. The Kier molecular flexibility index (Phi) is 3.68. The van der Waals surface area contributed by atoms with E-state index in [1.165, 1.54) is 0 Å². The molecule has 0 spiro atoms. The standard InChI is InChI=1S/C17H17F3N8/c1-9-12(7-28(26-9)13-4-5-27-8-22-25-15(13)27)23-16-21-6-11(17(18,19)20)14(24-16)10-2-3-10/h6-8,10,13H,2-5H2,1H3,(H,21,23,24). The molecule has 0 saturated heterocycles. The molecule has 0 aromatic carbocycles. The quantitative estimate of drug-likeness (QED) is 0.736. The third-order valence-electron chi connectivity index (χ3n) is 5.16. The molecule has 28 heavy (non-hydrogen) atoms. The molecule has 0 bridgehead atoms. The number of hydrogen-bond donors (Lipinski definition) is 1. The van der Waals surface area contributed by atoms with Gasteiger partial charge in [-0.05, 0) is 26.2 Å². The molecule has 11 heteroatoms. The number of alkyl halides is 3. The van der Waals surface area contributed by atoms with Crippen molar-refractivity contribution in [3.8, 4) is 0 Å². The van der Waals surface area contributed by atoms with Crippen molar-refractivity contribution in [2.24, 2.45) is 0 Å². The normalized spacial score (nSPS) is 19.1. The van der Waals surface area contributed by atoms with Gasteiger partial charge in [0.1, 0.15) is 12.4 Å². The van der Waals surface area contributed by atoms with Gasteiger partial charge in [0.05, 0.1) is 22.6 Å². The average Bonchev–Trinajstić information content (AvgIpc) is 3.08. The van der Waals surface area contributed by atoms with Gasteiger partial charge in [0.25, 0.3) is 0 Å². The first-order chi connectivity index (χ1) is 13.4. The lowest BCUT2D eigenvalue weighted by Gasteiger charge is -2.12. The molecule has 146 valence electrons. The highest BCUT2D eigenvalue weighted by atomic mass is 19.4. The molecule has 1 unspecified atom stereocenters. The molecular formula is C17H17F3N8. The maximum Gasteiger partial charge on any atom is 0.419 e. The monoisotopic (exact) mass is 390 g/mol. The smallest absolute Gasteiger partial charge is 0.321 e. The van der Waals surface area contributed by atoms with E-state index in [-0.39, 0.29) is 23.6 Å². The predicted molar refractivity (Wildman–Crippen MR) is 92.0 cm³/mol. The zero-order valence-electron chi connectivity index (χ0n) is 15.0. The highest BCUT2D eigenvalue weighted by molar-refractivity contribution is 5.55. The molecule has 3 aromatic heterocycles. The first-order valence-corrected chi connectivity index (χ1v) is 9.05. The summed E-state index contributed by atoms with van der Waals surface area (Å²) in [5.41, 5.74) is 0.672. The van der Waals surface area contributed by atoms with Crippen molar-refractivity contribution in [1.82, 2.24) is 34.5 Å². The van der Waals surface area contributed by atoms with E-state index in [4.69, 9.17) is 0 Å². The number of nitrogens with zero attached hydrogens (tertiary/aromatic N) is 7. The Hall–Kier alpha value is -2.98. The fourth-order valence-corrected chi connectivity index (χ4v) is 3.56. The molecule has 2 aliphatic rings. The van der Waals surface area contributed by atoms with Crippen molar-refractivity contribution in [2.75, 3.05) is 5.32 Å². The fraction of sp³-hybridized carbons (Fsp3) is 0.471. The van der Waals surface area contributed by atoms with Crippen LogP contribution >= 0.6 is 0 Å². The maximum absolute atomic E-state index is 13.2. The molecule has 1 N–H and O–H groups in total. The van der Waals surface area contributed by atoms with Crippen LogP contribution < -0.4 is 5.32 Å². The van der Waals surface area contributed by atoms with Crippen molar-refractivity contribution in [2.45, 2.75) is 50.9 Å². The number of aryl methyl sites for hydroxylation is 2. The molecule has 0 radical (unpaired) electrons. The number of aromatic nitrogens is 7. The third kappa shape index (κ3) is 2.90. The molecular weight excluding hydrogens is 373 g/mol. The van der Waals surface area contributed by atoms with Crippen LogP contribution in [0, 0.1) is 6.92 Å². The van der Waals surface area contributed by atoms with Gasteiger partial charge < -0.3 is 9.88 Å². The summed E-state index contributed by atoms with van der Waals surface area (Å²) >= 11 is 0. The van der Waals surface area contributed by atoms with E-state index in [1.807, 2.05) is 17.7 Å². The van der Waals surface area contributed by atoms with Crippen LogP contribution in [0.15, 0.2) is 18.7 Å². The van der Waals surface area contributed by atoms with Crippen molar-refractivity contribution < 1.29 is 13.2 Å². The molecule has 1 aliphatic heterocycles. The van der Waals surface area contributed by atoms with E-state index in [2.05, 4.69) is 30.6 Å². The summed E-state index contributed by atoms with van der Waals surface area (Å²) in [6.45, 7) is 2.64. The highest BCUT2D eigenvalue weighted by Crippen LogP contribution is 2.45. The minimum atomic E-state index is -4.45. The SMILES string of the molecule is Cc1nn(C2CCn3cnnc32)cc1Nc1ncc(C(F)(F)F)c(C2CC2)n1. The largest absolute Gasteiger partial charge is 0.419 e. The zero-order chi connectivity index (χ0) is 19.5. The summed E-state index contributed by atoms with van der Waals surface area (Å²) in [4.78, 5) is 8.05. The summed E-state index contributed by atoms with van der Waals surface area (Å²) < 4.78 is 43.4. The van der Waals surface area contributed by atoms with Crippen LogP contribution in [0.2, 0.25) is 0 Å². The van der Waals surface area contributed by atoms with Gasteiger partial charge in [0.2, 0.25) is 5.95 Å². The van der Waals surface area contributed by atoms with E-state index in [9.17, 15) is 13.2 Å². The highest BCUT2D eigenvalue weighted by Gasteiger charge is 2.40.